The number of rotatable bonds is 5. The van der Waals surface area contributed by atoms with Crippen molar-refractivity contribution in [2.45, 2.75) is 6.92 Å². The SMILES string of the molecule is Cc1cn(C)c(-c2cccc(OCCN(C)C)c2)n1. The molecule has 4 nitrogen and oxygen atoms in total. The number of nitrogens with zero attached hydrogens (tertiary/aromatic N) is 3. The molecule has 4 heteroatoms. The van der Waals surface area contributed by atoms with Crippen LogP contribution in [-0.2, 0) is 7.05 Å². The predicted molar refractivity (Wildman–Crippen MR) is 77.4 cm³/mol. The van der Waals surface area contributed by atoms with Crippen LogP contribution in [-0.4, -0.2) is 41.7 Å². The maximum atomic E-state index is 5.75. The van der Waals surface area contributed by atoms with Gasteiger partial charge < -0.3 is 14.2 Å². The summed E-state index contributed by atoms with van der Waals surface area (Å²) >= 11 is 0. The van der Waals surface area contributed by atoms with Crippen LogP contribution in [0.4, 0.5) is 0 Å². The first-order chi connectivity index (χ1) is 9.06. The van der Waals surface area contributed by atoms with Crippen molar-refractivity contribution in [2.75, 3.05) is 27.2 Å². The van der Waals surface area contributed by atoms with E-state index in [0.29, 0.717) is 6.61 Å². The van der Waals surface area contributed by atoms with Gasteiger partial charge in [0.05, 0.1) is 5.69 Å². The van der Waals surface area contributed by atoms with Gasteiger partial charge in [0.15, 0.2) is 0 Å². The van der Waals surface area contributed by atoms with Crippen molar-refractivity contribution in [2.24, 2.45) is 7.05 Å². The normalized spacial score (nSPS) is 11.0. The molecule has 0 saturated carbocycles. The molecule has 19 heavy (non-hydrogen) atoms. The summed E-state index contributed by atoms with van der Waals surface area (Å²) in [7, 11) is 6.09. The molecule has 0 fully saturated rings. The molecule has 0 aliphatic carbocycles. The summed E-state index contributed by atoms with van der Waals surface area (Å²) in [6.45, 7) is 3.60. The van der Waals surface area contributed by atoms with Crippen LogP contribution in [0.3, 0.4) is 0 Å². The summed E-state index contributed by atoms with van der Waals surface area (Å²) in [4.78, 5) is 6.63. The predicted octanol–water partition coefficient (Wildman–Crippen LogP) is 2.34. The van der Waals surface area contributed by atoms with E-state index in [1.807, 2.05) is 57.0 Å². The van der Waals surface area contributed by atoms with E-state index in [2.05, 4.69) is 16.0 Å². The van der Waals surface area contributed by atoms with Crippen LogP contribution in [0.1, 0.15) is 5.69 Å². The van der Waals surface area contributed by atoms with Crippen LogP contribution in [0.25, 0.3) is 11.4 Å². The van der Waals surface area contributed by atoms with Gasteiger partial charge in [0, 0.05) is 25.4 Å². The largest absolute Gasteiger partial charge is 0.492 e. The molecule has 0 amide bonds. The standard InChI is InChI=1S/C15H21N3O/c1-12-11-18(4)15(16-12)13-6-5-7-14(10-13)19-9-8-17(2)3/h5-7,10-11H,8-9H2,1-4H3. The zero-order valence-corrected chi connectivity index (χ0v) is 12.1. The topological polar surface area (TPSA) is 30.3 Å². The first-order valence-corrected chi connectivity index (χ1v) is 6.44. The maximum absolute atomic E-state index is 5.75. The highest BCUT2D eigenvalue weighted by Gasteiger charge is 2.06. The summed E-state index contributed by atoms with van der Waals surface area (Å²) in [6.07, 6.45) is 2.02. The van der Waals surface area contributed by atoms with Crippen LogP contribution < -0.4 is 4.74 Å². The molecule has 0 unspecified atom stereocenters. The van der Waals surface area contributed by atoms with Gasteiger partial charge in [-0.25, -0.2) is 4.98 Å². The van der Waals surface area contributed by atoms with Crippen LogP contribution >= 0.6 is 0 Å². The van der Waals surface area contributed by atoms with Gasteiger partial charge in [-0.15, -0.1) is 0 Å². The monoisotopic (exact) mass is 259 g/mol. The van der Waals surface area contributed by atoms with Crippen molar-refractivity contribution in [1.29, 1.82) is 0 Å². The van der Waals surface area contributed by atoms with Crippen LogP contribution in [0.2, 0.25) is 0 Å². The molecule has 0 radical (unpaired) electrons. The Morgan fingerprint density at radius 3 is 2.74 bits per heavy atom. The van der Waals surface area contributed by atoms with Gasteiger partial charge >= 0.3 is 0 Å². The van der Waals surface area contributed by atoms with Gasteiger partial charge in [0.2, 0.25) is 0 Å². The van der Waals surface area contributed by atoms with Crippen molar-refractivity contribution < 1.29 is 4.74 Å². The molecule has 0 aliphatic heterocycles. The zero-order valence-electron chi connectivity index (χ0n) is 12.1. The minimum Gasteiger partial charge on any atom is -0.492 e. The van der Waals surface area contributed by atoms with Gasteiger partial charge in [0.1, 0.15) is 18.2 Å². The third-order valence-electron chi connectivity index (χ3n) is 2.90. The van der Waals surface area contributed by atoms with E-state index < -0.39 is 0 Å². The van der Waals surface area contributed by atoms with Gasteiger partial charge in [-0.2, -0.15) is 0 Å². The number of benzene rings is 1. The van der Waals surface area contributed by atoms with E-state index in [1.54, 1.807) is 0 Å². The maximum Gasteiger partial charge on any atom is 0.140 e. The Morgan fingerprint density at radius 1 is 1.32 bits per heavy atom. The van der Waals surface area contributed by atoms with E-state index in [-0.39, 0.29) is 0 Å². The number of hydrogen-bond acceptors (Lipinski definition) is 3. The van der Waals surface area contributed by atoms with Crippen molar-refractivity contribution in [3.63, 3.8) is 0 Å². The molecule has 1 aromatic carbocycles. The average molecular weight is 259 g/mol. The Labute approximate surface area is 114 Å². The Morgan fingerprint density at radius 2 is 2.11 bits per heavy atom. The first kappa shape index (κ1) is 13.6. The summed E-state index contributed by atoms with van der Waals surface area (Å²) < 4.78 is 7.78. The fourth-order valence-corrected chi connectivity index (χ4v) is 1.96. The molecule has 1 aromatic heterocycles. The molecular formula is C15H21N3O. The Balaban J connectivity index is 2.13. The molecule has 0 atom stereocenters. The third-order valence-corrected chi connectivity index (χ3v) is 2.90. The second-order valence-electron chi connectivity index (χ2n) is 5.00. The number of ether oxygens (including phenoxy) is 1. The Bertz CT molecular complexity index is 546. The van der Waals surface area contributed by atoms with E-state index in [4.69, 9.17) is 4.74 Å². The van der Waals surface area contributed by atoms with Gasteiger partial charge in [0.25, 0.3) is 0 Å². The highest BCUT2D eigenvalue weighted by molar-refractivity contribution is 5.58. The molecule has 2 aromatic rings. The first-order valence-electron chi connectivity index (χ1n) is 6.44. The number of likely N-dealkylation sites (N-methyl/N-ethyl adjacent to an activating group) is 1. The van der Waals surface area contributed by atoms with E-state index in [9.17, 15) is 0 Å². The van der Waals surface area contributed by atoms with Crippen molar-refractivity contribution in [3.05, 3.63) is 36.2 Å². The minimum absolute atomic E-state index is 0.691. The molecule has 0 aliphatic rings. The van der Waals surface area contributed by atoms with Crippen molar-refractivity contribution in [1.82, 2.24) is 14.5 Å². The van der Waals surface area contributed by atoms with Crippen LogP contribution in [0, 0.1) is 6.92 Å². The fourth-order valence-electron chi connectivity index (χ4n) is 1.96. The molecule has 1 heterocycles. The highest BCUT2D eigenvalue weighted by Crippen LogP contribution is 2.22. The van der Waals surface area contributed by atoms with Gasteiger partial charge in [-0.05, 0) is 33.2 Å². The van der Waals surface area contributed by atoms with Crippen molar-refractivity contribution in [3.8, 4) is 17.1 Å². The van der Waals surface area contributed by atoms with Crippen molar-refractivity contribution >= 4 is 0 Å². The number of hydrogen-bond donors (Lipinski definition) is 0. The fraction of sp³-hybridized carbons (Fsp3) is 0.400. The van der Waals surface area contributed by atoms with Crippen LogP contribution in [0.15, 0.2) is 30.5 Å². The average Bonchev–Trinajstić information content (AvgIpc) is 2.68. The zero-order chi connectivity index (χ0) is 13.8. The molecule has 0 saturated heterocycles. The van der Waals surface area contributed by atoms with Gasteiger partial charge in [-0.3, -0.25) is 0 Å². The molecule has 0 spiro atoms. The lowest BCUT2D eigenvalue weighted by Gasteiger charge is -2.11. The Hall–Kier alpha value is -1.81. The number of imidazole rings is 1. The van der Waals surface area contributed by atoms with E-state index in [1.165, 1.54) is 0 Å². The molecule has 2 rings (SSSR count). The van der Waals surface area contributed by atoms with Gasteiger partial charge in [-0.1, -0.05) is 12.1 Å². The summed E-state index contributed by atoms with van der Waals surface area (Å²) in [6, 6.07) is 8.08. The quantitative estimate of drug-likeness (QED) is 0.825. The number of aromatic nitrogens is 2. The lowest BCUT2D eigenvalue weighted by Crippen LogP contribution is -2.19. The lowest BCUT2D eigenvalue weighted by molar-refractivity contribution is 0.261. The second kappa shape index (κ2) is 5.89. The summed E-state index contributed by atoms with van der Waals surface area (Å²) in [5.74, 6) is 1.86. The third kappa shape index (κ3) is 3.58. The number of aryl methyl sites for hydroxylation is 2. The molecule has 102 valence electrons. The molecular weight excluding hydrogens is 238 g/mol. The van der Waals surface area contributed by atoms with E-state index >= 15 is 0 Å². The van der Waals surface area contributed by atoms with Crippen LogP contribution in [0.5, 0.6) is 5.75 Å². The minimum atomic E-state index is 0.691. The lowest BCUT2D eigenvalue weighted by atomic mass is 10.2. The Kier molecular flexibility index (Phi) is 4.22. The molecule has 0 bridgehead atoms. The van der Waals surface area contributed by atoms with E-state index in [0.717, 1.165) is 29.4 Å². The second-order valence-corrected chi connectivity index (χ2v) is 5.00. The summed E-state index contributed by atoms with van der Waals surface area (Å²) in [5.41, 5.74) is 2.11. The molecule has 0 N–H and O–H groups in total. The summed E-state index contributed by atoms with van der Waals surface area (Å²) in [5, 5.41) is 0. The smallest absolute Gasteiger partial charge is 0.140 e. The highest BCUT2D eigenvalue weighted by atomic mass is 16.5.